The van der Waals surface area contributed by atoms with Crippen LogP contribution in [0.1, 0.15) is 18.1 Å². The molecule has 0 aliphatic heterocycles. The summed E-state index contributed by atoms with van der Waals surface area (Å²) in [5, 5.41) is 2.72. The first-order valence-corrected chi connectivity index (χ1v) is 12.1. The number of nitrogens with zero attached hydrogens (tertiary/aromatic N) is 2. The van der Waals surface area contributed by atoms with E-state index in [-0.39, 0.29) is 18.8 Å². The number of carbonyl (C=O) groups excluding carboxylic acids is 2. The fourth-order valence-electron chi connectivity index (χ4n) is 3.44. The van der Waals surface area contributed by atoms with E-state index in [2.05, 4.69) is 21.9 Å². The van der Waals surface area contributed by atoms with Crippen LogP contribution in [0.2, 0.25) is 0 Å². The number of amides is 1. The van der Waals surface area contributed by atoms with Gasteiger partial charge in [0.1, 0.15) is 17.9 Å². The number of esters is 1. The third-order valence-electron chi connectivity index (χ3n) is 5.20. The standard InChI is InChI=1S/C25H30Cl2FN3O3/c1-3-34-25(33)23(17-18-4-8-20(28)9-5-18)30-24(32)22(29-2)16-19-6-10-21(11-7-19)31(14-12-26)15-13-27/h4-11,22-23H,2-3,12-17H2,1H3,(H,30,32)/t22-,23-/m0/s1. The Morgan fingerprint density at radius 1 is 1.03 bits per heavy atom. The van der Waals surface area contributed by atoms with Crippen molar-refractivity contribution in [2.45, 2.75) is 31.8 Å². The maximum atomic E-state index is 13.2. The fourth-order valence-corrected chi connectivity index (χ4v) is 3.85. The van der Waals surface area contributed by atoms with Crippen LogP contribution in [-0.2, 0) is 27.2 Å². The van der Waals surface area contributed by atoms with Crippen LogP contribution in [0.15, 0.2) is 53.5 Å². The number of halogens is 3. The largest absolute Gasteiger partial charge is 0.464 e. The highest BCUT2D eigenvalue weighted by Crippen LogP contribution is 2.17. The van der Waals surface area contributed by atoms with Crippen molar-refractivity contribution in [1.82, 2.24) is 5.32 Å². The van der Waals surface area contributed by atoms with Crippen LogP contribution < -0.4 is 10.2 Å². The molecule has 0 saturated heterocycles. The fraction of sp³-hybridized carbons (Fsp3) is 0.400. The predicted molar refractivity (Wildman–Crippen MR) is 136 cm³/mol. The van der Waals surface area contributed by atoms with Crippen LogP contribution in [0.4, 0.5) is 10.1 Å². The predicted octanol–water partition coefficient (Wildman–Crippen LogP) is 4.01. The second-order valence-electron chi connectivity index (χ2n) is 7.58. The molecule has 2 aromatic carbocycles. The molecule has 2 rings (SSSR count). The molecule has 1 amide bonds. The summed E-state index contributed by atoms with van der Waals surface area (Å²) in [6.45, 7) is 6.77. The van der Waals surface area contributed by atoms with Gasteiger partial charge in [-0.1, -0.05) is 24.3 Å². The van der Waals surface area contributed by atoms with E-state index >= 15 is 0 Å². The number of aliphatic imine (C=N–C) groups is 1. The average Bonchev–Trinajstić information content (AvgIpc) is 2.83. The highest BCUT2D eigenvalue weighted by molar-refractivity contribution is 6.18. The number of hydrogen-bond acceptors (Lipinski definition) is 5. The van der Waals surface area contributed by atoms with Crippen LogP contribution in [0.3, 0.4) is 0 Å². The van der Waals surface area contributed by atoms with Crippen LogP contribution in [0.25, 0.3) is 0 Å². The number of benzene rings is 2. The monoisotopic (exact) mass is 509 g/mol. The molecular formula is C25H30Cl2FN3O3. The van der Waals surface area contributed by atoms with Crippen molar-refractivity contribution in [3.8, 4) is 0 Å². The Bertz CT molecular complexity index is 920. The van der Waals surface area contributed by atoms with Crippen molar-refractivity contribution in [3.05, 3.63) is 65.5 Å². The van der Waals surface area contributed by atoms with Gasteiger partial charge < -0.3 is 15.0 Å². The summed E-state index contributed by atoms with van der Waals surface area (Å²) in [4.78, 5) is 31.4. The first-order chi connectivity index (χ1) is 16.4. The molecule has 2 aromatic rings. The van der Waals surface area contributed by atoms with E-state index < -0.39 is 24.0 Å². The molecule has 34 heavy (non-hydrogen) atoms. The molecule has 6 nitrogen and oxygen atoms in total. The van der Waals surface area contributed by atoms with Crippen LogP contribution in [0.5, 0.6) is 0 Å². The summed E-state index contributed by atoms with van der Waals surface area (Å²) in [6.07, 6.45) is 0.479. The second-order valence-corrected chi connectivity index (χ2v) is 8.33. The molecule has 0 heterocycles. The van der Waals surface area contributed by atoms with Crippen LogP contribution in [0, 0.1) is 5.82 Å². The van der Waals surface area contributed by atoms with Gasteiger partial charge in [0.2, 0.25) is 5.91 Å². The highest BCUT2D eigenvalue weighted by Gasteiger charge is 2.26. The zero-order valence-corrected chi connectivity index (χ0v) is 20.7. The number of ether oxygens (including phenoxy) is 1. The van der Waals surface area contributed by atoms with Gasteiger partial charge in [0.05, 0.1) is 6.61 Å². The van der Waals surface area contributed by atoms with Gasteiger partial charge in [-0.05, 0) is 49.0 Å². The van der Waals surface area contributed by atoms with E-state index in [1.54, 1.807) is 19.1 Å². The maximum Gasteiger partial charge on any atom is 0.328 e. The number of anilines is 1. The molecule has 0 aromatic heterocycles. The lowest BCUT2D eigenvalue weighted by molar-refractivity contribution is -0.147. The van der Waals surface area contributed by atoms with E-state index in [9.17, 15) is 14.0 Å². The molecule has 1 N–H and O–H groups in total. The smallest absolute Gasteiger partial charge is 0.328 e. The SMILES string of the molecule is C=N[C@@H](Cc1ccc(N(CCCl)CCCl)cc1)C(=O)N[C@@H](Cc1ccc(F)cc1)C(=O)OCC. The summed E-state index contributed by atoms with van der Waals surface area (Å²) < 4.78 is 18.3. The minimum atomic E-state index is -0.927. The van der Waals surface area contributed by atoms with Gasteiger partial charge in [-0.15, -0.1) is 23.2 Å². The van der Waals surface area contributed by atoms with Crippen molar-refractivity contribution in [2.24, 2.45) is 4.99 Å². The Morgan fingerprint density at radius 3 is 2.12 bits per heavy atom. The molecule has 0 spiro atoms. The molecule has 0 unspecified atom stereocenters. The summed E-state index contributed by atoms with van der Waals surface area (Å²) in [7, 11) is 0. The van der Waals surface area contributed by atoms with Crippen molar-refractivity contribution >= 4 is 47.5 Å². The third kappa shape index (κ3) is 8.61. The Kier molecular flexibility index (Phi) is 11.8. The zero-order chi connectivity index (χ0) is 24.9. The number of rotatable bonds is 14. The second kappa shape index (κ2) is 14.6. The van der Waals surface area contributed by atoms with E-state index in [0.717, 1.165) is 11.3 Å². The molecule has 0 radical (unpaired) electrons. The molecule has 0 saturated carbocycles. The quantitative estimate of drug-likeness (QED) is 0.237. The molecule has 0 aliphatic rings. The van der Waals surface area contributed by atoms with Gasteiger partial charge in [0.25, 0.3) is 0 Å². The minimum Gasteiger partial charge on any atom is -0.464 e. The average molecular weight is 510 g/mol. The van der Waals surface area contributed by atoms with Crippen LogP contribution >= 0.6 is 23.2 Å². The van der Waals surface area contributed by atoms with Gasteiger partial charge in [0.15, 0.2) is 0 Å². The van der Waals surface area contributed by atoms with Crippen LogP contribution in [-0.4, -0.2) is 62.1 Å². The van der Waals surface area contributed by atoms with Gasteiger partial charge in [-0.2, -0.15) is 0 Å². The molecule has 9 heteroatoms. The topological polar surface area (TPSA) is 71.0 Å². The van der Waals surface area contributed by atoms with Gasteiger partial charge in [-0.25, -0.2) is 9.18 Å². The Balaban J connectivity index is 2.08. The normalized spacial score (nSPS) is 12.5. The molecule has 0 aliphatic carbocycles. The number of hydrogen-bond donors (Lipinski definition) is 1. The highest BCUT2D eigenvalue weighted by atomic mass is 35.5. The lowest BCUT2D eigenvalue weighted by Gasteiger charge is -2.23. The lowest BCUT2D eigenvalue weighted by Crippen LogP contribution is -2.47. The third-order valence-corrected chi connectivity index (χ3v) is 5.54. The molecule has 0 bridgehead atoms. The Morgan fingerprint density at radius 2 is 1.59 bits per heavy atom. The minimum absolute atomic E-state index is 0.167. The molecule has 2 atom stereocenters. The van der Waals surface area contributed by atoms with Crippen molar-refractivity contribution in [3.63, 3.8) is 0 Å². The van der Waals surface area contributed by atoms with Crippen molar-refractivity contribution < 1.29 is 18.7 Å². The van der Waals surface area contributed by atoms with Crippen molar-refractivity contribution in [2.75, 3.05) is 36.4 Å². The van der Waals surface area contributed by atoms with E-state index in [1.165, 1.54) is 12.1 Å². The lowest BCUT2D eigenvalue weighted by atomic mass is 10.0. The first kappa shape index (κ1) is 27.6. The Hall–Kier alpha value is -2.64. The van der Waals surface area contributed by atoms with Gasteiger partial charge >= 0.3 is 5.97 Å². The maximum absolute atomic E-state index is 13.2. The summed E-state index contributed by atoms with van der Waals surface area (Å²) in [5.41, 5.74) is 2.57. The van der Waals surface area contributed by atoms with E-state index in [4.69, 9.17) is 27.9 Å². The van der Waals surface area contributed by atoms with Gasteiger partial charge in [-0.3, -0.25) is 9.79 Å². The summed E-state index contributed by atoms with van der Waals surface area (Å²) >= 11 is 11.8. The Labute approximate surface area is 210 Å². The molecule has 184 valence electrons. The zero-order valence-electron chi connectivity index (χ0n) is 19.2. The molecule has 0 fully saturated rings. The van der Waals surface area contributed by atoms with Gasteiger partial charge in [0, 0.05) is 43.4 Å². The summed E-state index contributed by atoms with van der Waals surface area (Å²) in [6, 6.07) is 11.7. The van der Waals surface area contributed by atoms with Crippen molar-refractivity contribution in [1.29, 1.82) is 0 Å². The number of carbonyl (C=O) groups is 2. The van der Waals surface area contributed by atoms with E-state index in [0.29, 0.717) is 36.8 Å². The number of nitrogens with one attached hydrogen (secondary N) is 1. The summed E-state index contributed by atoms with van der Waals surface area (Å²) in [5.74, 6) is -0.409. The van der Waals surface area contributed by atoms with E-state index in [1.807, 2.05) is 24.3 Å². The molecular weight excluding hydrogens is 480 g/mol. The first-order valence-electron chi connectivity index (χ1n) is 11.0. The number of alkyl halides is 2.